The largest absolute Gasteiger partial charge is 0.389 e. The van der Waals surface area contributed by atoms with Crippen LogP contribution in [0.4, 0.5) is 5.69 Å². The van der Waals surface area contributed by atoms with Crippen molar-refractivity contribution in [2.45, 2.75) is 45.6 Å². The molecule has 1 aromatic rings. The zero-order valence-electron chi connectivity index (χ0n) is 11.3. The standard InChI is InChI=1S/C15H22N2S/c1-11-10-13(7-8-14(11)15(16)18)17-9-5-3-4-6-12(17)2/h7-8,10,12H,3-6,9H2,1-2H3,(H2,16,18). The Bertz CT molecular complexity index is 442. The van der Waals surface area contributed by atoms with Crippen molar-refractivity contribution in [2.75, 3.05) is 11.4 Å². The van der Waals surface area contributed by atoms with Crippen molar-refractivity contribution in [2.24, 2.45) is 5.73 Å². The van der Waals surface area contributed by atoms with Gasteiger partial charge in [-0.25, -0.2) is 0 Å². The van der Waals surface area contributed by atoms with Gasteiger partial charge in [0.25, 0.3) is 0 Å². The number of rotatable bonds is 2. The van der Waals surface area contributed by atoms with Crippen molar-refractivity contribution in [1.82, 2.24) is 0 Å². The van der Waals surface area contributed by atoms with Crippen LogP contribution < -0.4 is 10.6 Å². The maximum Gasteiger partial charge on any atom is 0.104 e. The smallest absolute Gasteiger partial charge is 0.104 e. The summed E-state index contributed by atoms with van der Waals surface area (Å²) in [6, 6.07) is 7.06. The third-order valence-corrected chi connectivity index (χ3v) is 4.08. The van der Waals surface area contributed by atoms with Crippen molar-refractivity contribution in [3.8, 4) is 0 Å². The molecule has 1 fully saturated rings. The molecule has 0 aromatic heterocycles. The predicted molar refractivity (Wildman–Crippen MR) is 82.3 cm³/mol. The van der Waals surface area contributed by atoms with E-state index in [1.807, 2.05) is 0 Å². The fourth-order valence-corrected chi connectivity index (χ4v) is 2.99. The molecule has 1 aliphatic heterocycles. The number of aryl methyl sites for hydroxylation is 1. The second-order valence-corrected chi connectivity index (χ2v) is 5.70. The molecule has 98 valence electrons. The lowest BCUT2D eigenvalue weighted by Gasteiger charge is -2.30. The van der Waals surface area contributed by atoms with Gasteiger partial charge in [0.15, 0.2) is 0 Å². The molecule has 1 aromatic carbocycles. The molecular weight excluding hydrogens is 240 g/mol. The zero-order valence-corrected chi connectivity index (χ0v) is 12.1. The van der Waals surface area contributed by atoms with Crippen LogP contribution in [0, 0.1) is 6.92 Å². The van der Waals surface area contributed by atoms with E-state index >= 15 is 0 Å². The Labute approximate surface area is 115 Å². The molecule has 2 rings (SSSR count). The first-order chi connectivity index (χ1) is 8.59. The van der Waals surface area contributed by atoms with Gasteiger partial charge in [-0.3, -0.25) is 0 Å². The molecule has 1 unspecified atom stereocenters. The number of nitrogens with two attached hydrogens (primary N) is 1. The van der Waals surface area contributed by atoms with Crippen molar-refractivity contribution >= 4 is 22.9 Å². The average molecular weight is 262 g/mol. The summed E-state index contributed by atoms with van der Waals surface area (Å²) in [5, 5.41) is 0. The normalized spacial score (nSPS) is 20.6. The number of anilines is 1. The first-order valence-electron chi connectivity index (χ1n) is 6.76. The van der Waals surface area contributed by atoms with Crippen LogP contribution in [-0.4, -0.2) is 17.6 Å². The SMILES string of the molecule is Cc1cc(N2CCCCCC2C)ccc1C(N)=S. The van der Waals surface area contributed by atoms with Gasteiger partial charge >= 0.3 is 0 Å². The molecule has 1 atom stereocenters. The van der Waals surface area contributed by atoms with Crippen LogP contribution in [0.15, 0.2) is 18.2 Å². The van der Waals surface area contributed by atoms with Crippen molar-refractivity contribution in [1.29, 1.82) is 0 Å². The highest BCUT2D eigenvalue weighted by molar-refractivity contribution is 7.80. The third-order valence-electron chi connectivity index (χ3n) is 3.86. The van der Waals surface area contributed by atoms with Gasteiger partial charge in [0.05, 0.1) is 0 Å². The maximum absolute atomic E-state index is 5.71. The molecule has 0 spiro atoms. The van der Waals surface area contributed by atoms with Crippen LogP contribution >= 0.6 is 12.2 Å². The second kappa shape index (κ2) is 5.70. The van der Waals surface area contributed by atoms with Gasteiger partial charge in [-0.2, -0.15) is 0 Å². The summed E-state index contributed by atoms with van der Waals surface area (Å²) in [6.07, 6.45) is 5.28. The third kappa shape index (κ3) is 2.83. The van der Waals surface area contributed by atoms with E-state index in [-0.39, 0.29) is 0 Å². The Kier molecular flexibility index (Phi) is 4.23. The molecule has 0 amide bonds. The molecule has 3 heteroatoms. The van der Waals surface area contributed by atoms with Crippen molar-refractivity contribution < 1.29 is 0 Å². The van der Waals surface area contributed by atoms with Crippen LogP contribution in [0.5, 0.6) is 0 Å². The van der Waals surface area contributed by atoms with E-state index in [2.05, 4.69) is 36.9 Å². The molecule has 1 heterocycles. The Balaban J connectivity index is 2.27. The van der Waals surface area contributed by atoms with E-state index in [0.29, 0.717) is 11.0 Å². The van der Waals surface area contributed by atoms with Crippen LogP contribution in [0.1, 0.15) is 43.7 Å². The number of thiocarbonyl (C=S) groups is 1. The van der Waals surface area contributed by atoms with Crippen LogP contribution in [0.25, 0.3) is 0 Å². The quantitative estimate of drug-likeness (QED) is 0.828. The summed E-state index contributed by atoms with van der Waals surface area (Å²) in [5.74, 6) is 0. The molecule has 0 aliphatic carbocycles. The van der Waals surface area contributed by atoms with Gasteiger partial charge in [0.1, 0.15) is 4.99 Å². The Morgan fingerprint density at radius 3 is 2.78 bits per heavy atom. The van der Waals surface area contributed by atoms with Crippen molar-refractivity contribution in [3.05, 3.63) is 29.3 Å². The fourth-order valence-electron chi connectivity index (χ4n) is 2.76. The summed E-state index contributed by atoms with van der Waals surface area (Å²) in [7, 11) is 0. The lowest BCUT2D eigenvalue weighted by molar-refractivity contribution is 0.616. The van der Waals surface area contributed by atoms with Crippen molar-refractivity contribution in [3.63, 3.8) is 0 Å². The highest BCUT2D eigenvalue weighted by atomic mass is 32.1. The highest BCUT2D eigenvalue weighted by Gasteiger charge is 2.17. The van der Waals surface area contributed by atoms with E-state index in [1.54, 1.807) is 0 Å². The number of nitrogens with zero attached hydrogens (tertiary/aromatic N) is 1. The average Bonchev–Trinajstić information content (AvgIpc) is 2.53. The molecule has 0 bridgehead atoms. The van der Waals surface area contributed by atoms with Gasteiger partial charge in [-0.05, 0) is 50.5 Å². The minimum Gasteiger partial charge on any atom is -0.389 e. The molecular formula is C15H22N2S. The molecule has 1 aliphatic rings. The maximum atomic E-state index is 5.71. The molecule has 1 saturated heterocycles. The van der Waals surface area contributed by atoms with Gasteiger partial charge < -0.3 is 10.6 Å². The van der Waals surface area contributed by atoms with E-state index < -0.39 is 0 Å². The minimum atomic E-state index is 0.489. The lowest BCUT2D eigenvalue weighted by atomic mass is 10.1. The molecule has 2 nitrogen and oxygen atoms in total. The topological polar surface area (TPSA) is 29.3 Å². The van der Waals surface area contributed by atoms with Crippen LogP contribution in [0.2, 0.25) is 0 Å². The van der Waals surface area contributed by atoms with Gasteiger partial charge in [-0.15, -0.1) is 0 Å². The zero-order chi connectivity index (χ0) is 13.1. The Morgan fingerprint density at radius 2 is 2.11 bits per heavy atom. The number of hydrogen-bond donors (Lipinski definition) is 1. The summed E-state index contributed by atoms with van der Waals surface area (Å²) in [5.41, 5.74) is 9.19. The number of hydrogen-bond acceptors (Lipinski definition) is 2. The highest BCUT2D eigenvalue weighted by Crippen LogP contribution is 2.26. The van der Waals surface area contributed by atoms with Gasteiger partial charge in [0, 0.05) is 23.8 Å². The molecule has 2 N–H and O–H groups in total. The van der Waals surface area contributed by atoms with E-state index in [9.17, 15) is 0 Å². The lowest BCUT2D eigenvalue weighted by Crippen LogP contribution is -2.32. The summed E-state index contributed by atoms with van der Waals surface area (Å²) >= 11 is 5.06. The monoisotopic (exact) mass is 262 g/mol. The fraction of sp³-hybridized carbons (Fsp3) is 0.533. The Morgan fingerprint density at radius 1 is 1.33 bits per heavy atom. The molecule has 0 saturated carbocycles. The first-order valence-corrected chi connectivity index (χ1v) is 7.17. The Hall–Kier alpha value is -1.09. The van der Waals surface area contributed by atoms with Gasteiger partial charge in [-0.1, -0.05) is 25.1 Å². The first kappa shape index (κ1) is 13.3. The van der Waals surface area contributed by atoms with E-state index in [1.165, 1.54) is 36.9 Å². The summed E-state index contributed by atoms with van der Waals surface area (Å²) in [6.45, 7) is 5.57. The summed E-state index contributed by atoms with van der Waals surface area (Å²) in [4.78, 5) is 3.01. The molecule has 18 heavy (non-hydrogen) atoms. The van der Waals surface area contributed by atoms with Crippen LogP contribution in [0.3, 0.4) is 0 Å². The summed E-state index contributed by atoms with van der Waals surface area (Å²) < 4.78 is 0. The van der Waals surface area contributed by atoms with E-state index in [0.717, 1.165) is 12.1 Å². The van der Waals surface area contributed by atoms with Crippen LogP contribution in [-0.2, 0) is 0 Å². The predicted octanol–water partition coefficient (Wildman–Crippen LogP) is 3.40. The second-order valence-electron chi connectivity index (χ2n) is 5.26. The minimum absolute atomic E-state index is 0.489. The van der Waals surface area contributed by atoms with Gasteiger partial charge in [0.2, 0.25) is 0 Å². The number of benzene rings is 1. The molecule has 0 radical (unpaired) electrons. The van der Waals surface area contributed by atoms with E-state index in [4.69, 9.17) is 18.0 Å².